The third kappa shape index (κ3) is 5.52. The minimum Gasteiger partial charge on any atom is -0.493 e. The van der Waals surface area contributed by atoms with E-state index >= 15 is 0 Å². The van der Waals surface area contributed by atoms with E-state index in [0.717, 1.165) is 47.6 Å². The zero-order valence-corrected chi connectivity index (χ0v) is 21.6. The average Bonchev–Trinajstić information content (AvgIpc) is 3.72. The molecule has 1 aliphatic carbocycles. The predicted octanol–water partition coefficient (Wildman–Crippen LogP) is 6.53. The maximum atomic E-state index is 14.1. The smallest absolute Gasteiger partial charge is 0.261 e. The SMILES string of the molecule is CC[C@@H](c1cc(F)cc(F)c1)n1c(CCC2CC2)nc(O)c(Cc2ccc(-c3ccncc3C)cc2)c1=O. The number of nitrogens with zero attached hydrogens (tertiary/aromatic N) is 3. The van der Waals surface area contributed by atoms with Crippen molar-refractivity contribution in [1.29, 1.82) is 0 Å². The van der Waals surface area contributed by atoms with Crippen molar-refractivity contribution in [2.45, 2.75) is 58.4 Å². The van der Waals surface area contributed by atoms with Crippen molar-refractivity contribution in [2.24, 2.45) is 5.92 Å². The summed E-state index contributed by atoms with van der Waals surface area (Å²) in [5.74, 6) is -0.629. The van der Waals surface area contributed by atoms with Gasteiger partial charge in [-0.2, -0.15) is 4.98 Å². The normalized spacial score (nSPS) is 14.0. The monoisotopic (exact) mass is 515 g/mol. The van der Waals surface area contributed by atoms with Crippen molar-refractivity contribution < 1.29 is 13.9 Å². The molecule has 0 amide bonds. The number of hydrogen-bond acceptors (Lipinski definition) is 4. The lowest BCUT2D eigenvalue weighted by atomic mass is 9.99. The molecule has 1 fully saturated rings. The van der Waals surface area contributed by atoms with Gasteiger partial charge >= 0.3 is 0 Å². The van der Waals surface area contributed by atoms with Crippen LogP contribution in [0.2, 0.25) is 0 Å². The van der Waals surface area contributed by atoms with E-state index in [2.05, 4.69) is 9.97 Å². The summed E-state index contributed by atoms with van der Waals surface area (Å²) in [6, 6.07) is 12.5. The Kier molecular flexibility index (Phi) is 7.36. The molecule has 5 nitrogen and oxygen atoms in total. The molecule has 7 heteroatoms. The topological polar surface area (TPSA) is 68.0 Å². The molecule has 0 spiro atoms. The van der Waals surface area contributed by atoms with E-state index in [9.17, 15) is 18.7 Å². The van der Waals surface area contributed by atoms with Crippen LogP contribution in [0.4, 0.5) is 8.78 Å². The Hall–Kier alpha value is -3.87. The Morgan fingerprint density at radius 1 is 1.08 bits per heavy atom. The molecule has 196 valence electrons. The number of hydrogen-bond donors (Lipinski definition) is 1. The Bertz CT molecular complexity index is 1490. The van der Waals surface area contributed by atoms with Crippen LogP contribution in [0.15, 0.2) is 65.7 Å². The van der Waals surface area contributed by atoms with E-state index in [4.69, 9.17) is 0 Å². The summed E-state index contributed by atoms with van der Waals surface area (Å²) in [5, 5.41) is 10.9. The van der Waals surface area contributed by atoms with Gasteiger partial charge in [-0.25, -0.2) is 8.78 Å². The van der Waals surface area contributed by atoms with Crippen LogP contribution in [0.1, 0.15) is 66.7 Å². The summed E-state index contributed by atoms with van der Waals surface area (Å²) in [7, 11) is 0. The molecular weight excluding hydrogens is 484 g/mol. The van der Waals surface area contributed by atoms with Crippen LogP contribution in [0.3, 0.4) is 0 Å². The zero-order valence-electron chi connectivity index (χ0n) is 21.6. The zero-order chi connectivity index (χ0) is 26.8. The number of pyridine rings is 1. The number of aromatic nitrogens is 3. The molecule has 1 aliphatic rings. The van der Waals surface area contributed by atoms with Gasteiger partial charge in [-0.05, 0) is 71.7 Å². The van der Waals surface area contributed by atoms with Gasteiger partial charge in [-0.3, -0.25) is 14.3 Å². The highest BCUT2D eigenvalue weighted by molar-refractivity contribution is 5.66. The largest absolute Gasteiger partial charge is 0.493 e. The average molecular weight is 516 g/mol. The van der Waals surface area contributed by atoms with Crippen LogP contribution in [-0.2, 0) is 12.8 Å². The summed E-state index contributed by atoms with van der Waals surface area (Å²) in [5.41, 5.74) is 4.17. The lowest BCUT2D eigenvalue weighted by Gasteiger charge is -2.24. The van der Waals surface area contributed by atoms with Crippen LogP contribution in [0.25, 0.3) is 11.1 Å². The van der Waals surface area contributed by atoms with Gasteiger partial charge in [-0.15, -0.1) is 0 Å². The molecule has 2 heterocycles. The second-order valence-electron chi connectivity index (χ2n) is 10.2. The molecule has 4 aromatic rings. The first-order chi connectivity index (χ1) is 18.3. The van der Waals surface area contributed by atoms with E-state index in [1.807, 2.05) is 50.4 Å². The molecule has 2 aromatic heterocycles. The van der Waals surface area contributed by atoms with E-state index in [1.54, 1.807) is 10.8 Å². The fraction of sp³-hybridized carbons (Fsp3) is 0.323. The third-order valence-corrected chi connectivity index (χ3v) is 7.37. The minimum absolute atomic E-state index is 0.170. The van der Waals surface area contributed by atoms with Crippen LogP contribution >= 0.6 is 0 Å². The van der Waals surface area contributed by atoms with Gasteiger partial charge in [0.05, 0.1) is 11.6 Å². The van der Waals surface area contributed by atoms with E-state index in [0.29, 0.717) is 30.1 Å². The van der Waals surface area contributed by atoms with Crippen molar-refractivity contribution in [3.8, 4) is 17.0 Å². The highest BCUT2D eigenvalue weighted by Crippen LogP contribution is 2.34. The van der Waals surface area contributed by atoms with Crippen LogP contribution in [0.5, 0.6) is 5.88 Å². The van der Waals surface area contributed by atoms with Crippen LogP contribution in [-0.4, -0.2) is 19.6 Å². The molecule has 1 atom stereocenters. The highest BCUT2D eigenvalue weighted by atomic mass is 19.1. The van der Waals surface area contributed by atoms with Crippen molar-refractivity contribution in [1.82, 2.24) is 14.5 Å². The van der Waals surface area contributed by atoms with Gasteiger partial charge in [0.2, 0.25) is 5.88 Å². The molecule has 1 saturated carbocycles. The van der Waals surface area contributed by atoms with E-state index < -0.39 is 17.7 Å². The van der Waals surface area contributed by atoms with Gasteiger partial charge in [0.1, 0.15) is 17.5 Å². The number of aromatic hydroxyl groups is 1. The molecule has 0 bridgehead atoms. The standard InChI is InChI=1S/C31H31F2N3O2/c1-3-28(23-15-24(32)17-25(33)16-23)36-29(11-8-20-4-5-20)35-30(37)27(31(36)38)14-21-6-9-22(10-7-21)26-12-13-34-18-19(26)2/h6-7,9-10,12-13,15-18,20,28,37H,3-5,8,11,14H2,1-2H3/t28-/m0/s1. The fourth-order valence-electron chi connectivity index (χ4n) is 5.13. The van der Waals surface area contributed by atoms with Crippen molar-refractivity contribution in [3.63, 3.8) is 0 Å². The number of halogens is 2. The second kappa shape index (κ2) is 10.9. The summed E-state index contributed by atoms with van der Waals surface area (Å²) in [6.45, 7) is 3.87. The number of rotatable bonds is 9. The maximum Gasteiger partial charge on any atom is 0.261 e. The molecule has 0 saturated heterocycles. The van der Waals surface area contributed by atoms with Gasteiger partial charge < -0.3 is 5.11 Å². The summed E-state index contributed by atoms with van der Waals surface area (Å²) < 4.78 is 29.8. The van der Waals surface area contributed by atoms with Gasteiger partial charge in [0.25, 0.3) is 5.56 Å². The van der Waals surface area contributed by atoms with Gasteiger partial charge in [0, 0.05) is 31.3 Å². The van der Waals surface area contributed by atoms with Gasteiger partial charge in [0.15, 0.2) is 0 Å². The highest BCUT2D eigenvalue weighted by Gasteiger charge is 2.26. The molecular formula is C31H31F2N3O2. The van der Waals surface area contributed by atoms with E-state index in [1.165, 1.54) is 12.1 Å². The van der Waals surface area contributed by atoms with Crippen molar-refractivity contribution in [2.75, 3.05) is 0 Å². The van der Waals surface area contributed by atoms with Crippen LogP contribution in [0, 0.1) is 24.5 Å². The van der Waals surface area contributed by atoms with Crippen molar-refractivity contribution >= 4 is 0 Å². The van der Waals surface area contributed by atoms with Crippen molar-refractivity contribution in [3.05, 3.63) is 111 Å². The lowest BCUT2D eigenvalue weighted by molar-refractivity contribution is 0.418. The Balaban J connectivity index is 1.54. The molecule has 0 unspecified atom stereocenters. The maximum absolute atomic E-state index is 14.1. The second-order valence-corrected chi connectivity index (χ2v) is 10.2. The summed E-state index contributed by atoms with van der Waals surface area (Å²) in [4.78, 5) is 22.5. The number of aryl methyl sites for hydroxylation is 2. The summed E-state index contributed by atoms with van der Waals surface area (Å²) >= 11 is 0. The molecule has 2 aromatic carbocycles. The summed E-state index contributed by atoms with van der Waals surface area (Å²) in [6.07, 6.45) is 7.86. The number of benzene rings is 2. The molecule has 5 rings (SSSR count). The first-order valence-corrected chi connectivity index (χ1v) is 13.1. The van der Waals surface area contributed by atoms with Crippen LogP contribution < -0.4 is 5.56 Å². The Morgan fingerprint density at radius 3 is 2.42 bits per heavy atom. The first kappa shape index (κ1) is 25.8. The molecule has 0 aliphatic heterocycles. The van der Waals surface area contributed by atoms with E-state index in [-0.39, 0.29) is 23.4 Å². The third-order valence-electron chi connectivity index (χ3n) is 7.37. The Labute approximate surface area is 220 Å². The quantitative estimate of drug-likeness (QED) is 0.275. The van der Waals surface area contributed by atoms with Gasteiger partial charge in [-0.1, -0.05) is 44.0 Å². The fourth-order valence-corrected chi connectivity index (χ4v) is 5.13. The predicted molar refractivity (Wildman–Crippen MR) is 143 cm³/mol. The lowest BCUT2D eigenvalue weighted by Crippen LogP contribution is -2.32. The minimum atomic E-state index is -0.692. The molecule has 1 N–H and O–H groups in total. The Morgan fingerprint density at radius 2 is 1.79 bits per heavy atom. The molecule has 38 heavy (non-hydrogen) atoms. The molecule has 0 radical (unpaired) electrons. The first-order valence-electron chi connectivity index (χ1n) is 13.1.